The van der Waals surface area contributed by atoms with Gasteiger partial charge in [0.25, 0.3) is 5.91 Å². The van der Waals surface area contributed by atoms with Crippen LogP contribution in [-0.2, 0) is 0 Å². The minimum atomic E-state index is 0.0138. The third kappa shape index (κ3) is 4.15. The van der Waals surface area contributed by atoms with Gasteiger partial charge < -0.3 is 4.90 Å². The number of carbonyl (C=O) groups excluding carboxylic acids is 1. The smallest absolute Gasteiger partial charge is 0.254 e. The Morgan fingerprint density at radius 2 is 1.75 bits per heavy atom. The lowest BCUT2D eigenvalue weighted by atomic mass is 10.1. The number of aromatic amines is 1. The summed E-state index contributed by atoms with van der Waals surface area (Å²) in [7, 11) is 0. The van der Waals surface area contributed by atoms with E-state index in [1.807, 2.05) is 47.4 Å². The molecular formula is C21H22N6O. The molecule has 7 heteroatoms. The van der Waals surface area contributed by atoms with Crippen LogP contribution in [0.5, 0.6) is 0 Å². The normalized spacial score (nSPS) is 15.2. The number of nitrogens with zero attached hydrogens (tertiary/aromatic N) is 5. The highest BCUT2D eigenvalue weighted by atomic mass is 16.2. The SMILES string of the molecule is O=C(c1ccccc1-c1nn[nH]n1)N1CCN(C/C=C/c2ccccc2)CC1. The highest BCUT2D eigenvalue weighted by molar-refractivity contribution is 6.00. The number of hydrogen-bond donors (Lipinski definition) is 1. The average Bonchev–Trinajstić information content (AvgIpc) is 3.29. The summed E-state index contributed by atoms with van der Waals surface area (Å²) < 4.78 is 0. The Hall–Kier alpha value is -3.32. The molecule has 1 aliphatic rings. The molecule has 1 amide bonds. The summed E-state index contributed by atoms with van der Waals surface area (Å²) >= 11 is 0. The van der Waals surface area contributed by atoms with Crippen LogP contribution in [0, 0.1) is 0 Å². The molecule has 1 aliphatic heterocycles. The molecule has 3 aromatic rings. The van der Waals surface area contributed by atoms with Crippen molar-refractivity contribution in [1.82, 2.24) is 30.4 Å². The first-order chi connectivity index (χ1) is 13.8. The molecule has 0 saturated carbocycles. The van der Waals surface area contributed by atoms with Gasteiger partial charge in [0.2, 0.25) is 5.82 Å². The van der Waals surface area contributed by atoms with E-state index < -0.39 is 0 Å². The van der Waals surface area contributed by atoms with Crippen molar-refractivity contribution < 1.29 is 4.79 Å². The van der Waals surface area contributed by atoms with Crippen molar-refractivity contribution in [2.24, 2.45) is 0 Å². The highest BCUT2D eigenvalue weighted by Gasteiger charge is 2.24. The van der Waals surface area contributed by atoms with Crippen molar-refractivity contribution in [3.63, 3.8) is 0 Å². The first-order valence-corrected chi connectivity index (χ1v) is 9.37. The monoisotopic (exact) mass is 374 g/mol. The van der Waals surface area contributed by atoms with Crippen LogP contribution in [0.1, 0.15) is 15.9 Å². The van der Waals surface area contributed by atoms with Gasteiger partial charge in [-0.1, -0.05) is 60.7 Å². The molecule has 0 bridgehead atoms. The van der Waals surface area contributed by atoms with Gasteiger partial charge in [-0.3, -0.25) is 9.69 Å². The lowest BCUT2D eigenvalue weighted by molar-refractivity contribution is 0.0651. The number of amides is 1. The number of piperazine rings is 1. The van der Waals surface area contributed by atoms with Gasteiger partial charge in [-0.15, -0.1) is 10.2 Å². The van der Waals surface area contributed by atoms with Gasteiger partial charge in [0.1, 0.15) is 0 Å². The molecule has 1 fully saturated rings. The van der Waals surface area contributed by atoms with Gasteiger partial charge in [0.15, 0.2) is 0 Å². The molecule has 28 heavy (non-hydrogen) atoms. The number of hydrogen-bond acceptors (Lipinski definition) is 5. The lowest BCUT2D eigenvalue weighted by Gasteiger charge is -2.34. The fourth-order valence-electron chi connectivity index (χ4n) is 3.35. The van der Waals surface area contributed by atoms with Gasteiger partial charge in [0, 0.05) is 38.3 Å². The summed E-state index contributed by atoms with van der Waals surface area (Å²) in [5, 5.41) is 14.1. The largest absolute Gasteiger partial charge is 0.336 e. The van der Waals surface area contributed by atoms with Crippen LogP contribution < -0.4 is 0 Å². The summed E-state index contributed by atoms with van der Waals surface area (Å²) in [6, 6.07) is 17.7. The van der Waals surface area contributed by atoms with E-state index >= 15 is 0 Å². The van der Waals surface area contributed by atoms with Gasteiger partial charge in [0.05, 0.1) is 5.56 Å². The Morgan fingerprint density at radius 1 is 1.00 bits per heavy atom. The second-order valence-electron chi connectivity index (χ2n) is 6.69. The second kappa shape index (κ2) is 8.58. The summed E-state index contributed by atoms with van der Waals surface area (Å²) in [4.78, 5) is 17.3. The van der Waals surface area contributed by atoms with Crippen molar-refractivity contribution >= 4 is 12.0 Å². The Labute approximate surface area is 163 Å². The molecule has 0 spiro atoms. The van der Waals surface area contributed by atoms with Crippen LogP contribution in [0.4, 0.5) is 0 Å². The van der Waals surface area contributed by atoms with Crippen molar-refractivity contribution in [1.29, 1.82) is 0 Å². The van der Waals surface area contributed by atoms with Crippen LogP contribution in [0.25, 0.3) is 17.5 Å². The van der Waals surface area contributed by atoms with Gasteiger partial charge in [-0.25, -0.2) is 0 Å². The van der Waals surface area contributed by atoms with E-state index in [0.29, 0.717) is 30.0 Å². The fourth-order valence-corrected chi connectivity index (χ4v) is 3.35. The molecule has 1 saturated heterocycles. The summed E-state index contributed by atoms with van der Waals surface area (Å²) in [6.45, 7) is 4.01. The first kappa shape index (κ1) is 18.1. The van der Waals surface area contributed by atoms with Crippen LogP contribution in [0.2, 0.25) is 0 Å². The third-order valence-corrected chi connectivity index (χ3v) is 4.88. The third-order valence-electron chi connectivity index (χ3n) is 4.88. The minimum absolute atomic E-state index is 0.0138. The Kier molecular flexibility index (Phi) is 5.53. The zero-order valence-electron chi connectivity index (χ0n) is 15.5. The summed E-state index contributed by atoms with van der Waals surface area (Å²) in [5.41, 5.74) is 2.52. The van der Waals surface area contributed by atoms with E-state index in [9.17, 15) is 4.79 Å². The zero-order valence-corrected chi connectivity index (χ0v) is 15.5. The number of nitrogens with one attached hydrogen (secondary N) is 1. The van der Waals surface area contributed by atoms with E-state index in [4.69, 9.17) is 0 Å². The topological polar surface area (TPSA) is 78.0 Å². The highest BCUT2D eigenvalue weighted by Crippen LogP contribution is 2.21. The van der Waals surface area contributed by atoms with Crippen molar-refractivity contribution in [2.75, 3.05) is 32.7 Å². The maximum Gasteiger partial charge on any atom is 0.254 e. The van der Waals surface area contributed by atoms with Gasteiger partial charge in [-0.2, -0.15) is 5.21 Å². The Bertz CT molecular complexity index is 931. The maximum atomic E-state index is 13.0. The van der Waals surface area contributed by atoms with E-state index in [1.165, 1.54) is 5.56 Å². The van der Waals surface area contributed by atoms with E-state index in [1.54, 1.807) is 0 Å². The number of tetrazole rings is 1. The molecule has 4 rings (SSSR count). The van der Waals surface area contributed by atoms with Crippen LogP contribution >= 0.6 is 0 Å². The average molecular weight is 374 g/mol. The lowest BCUT2D eigenvalue weighted by Crippen LogP contribution is -2.48. The predicted molar refractivity (Wildman–Crippen MR) is 107 cm³/mol. The Balaban J connectivity index is 1.35. The van der Waals surface area contributed by atoms with Crippen LogP contribution in [0.15, 0.2) is 60.7 Å². The molecule has 0 atom stereocenters. The molecule has 0 unspecified atom stereocenters. The zero-order chi connectivity index (χ0) is 19.2. The maximum absolute atomic E-state index is 13.0. The standard InChI is InChI=1S/C21H22N6O/c28-21(19-11-5-4-10-18(19)20-22-24-25-23-20)27-15-13-26(14-16-27)12-6-9-17-7-2-1-3-8-17/h1-11H,12-16H2,(H,22,23,24,25)/b9-6+. The van der Waals surface area contributed by atoms with Gasteiger partial charge >= 0.3 is 0 Å². The number of benzene rings is 2. The molecule has 1 aromatic heterocycles. The number of rotatable bonds is 5. The molecular weight excluding hydrogens is 352 g/mol. The number of carbonyl (C=O) groups is 1. The van der Waals surface area contributed by atoms with Gasteiger partial charge in [-0.05, 0) is 16.8 Å². The first-order valence-electron chi connectivity index (χ1n) is 9.37. The predicted octanol–water partition coefficient (Wildman–Crippen LogP) is 2.34. The molecule has 7 nitrogen and oxygen atoms in total. The molecule has 2 aromatic carbocycles. The fraction of sp³-hybridized carbons (Fsp3) is 0.238. The summed E-state index contributed by atoms with van der Waals surface area (Å²) in [5.74, 6) is 0.452. The molecule has 1 N–H and O–H groups in total. The minimum Gasteiger partial charge on any atom is -0.336 e. The van der Waals surface area contributed by atoms with E-state index in [2.05, 4.69) is 49.8 Å². The molecule has 142 valence electrons. The summed E-state index contributed by atoms with van der Waals surface area (Å²) in [6.07, 6.45) is 4.32. The van der Waals surface area contributed by atoms with E-state index in [0.717, 1.165) is 19.6 Å². The number of H-pyrrole nitrogens is 1. The van der Waals surface area contributed by atoms with Crippen molar-refractivity contribution in [3.05, 3.63) is 71.8 Å². The van der Waals surface area contributed by atoms with Crippen molar-refractivity contribution in [3.8, 4) is 11.4 Å². The van der Waals surface area contributed by atoms with Crippen molar-refractivity contribution in [2.45, 2.75) is 0 Å². The Morgan fingerprint density at radius 3 is 2.50 bits per heavy atom. The van der Waals surface area contributed by atoms with Crippen LogP contribution in [0.3, 0.4) is 0 Å². The van der Waals surface area contributed by atoms with E-state index in [-0.39, 0.29) is 5.91 Å². The second-order valence-corrected chi connectivity index (χ2v) is 6.69. The molecule has 0 radical (unpaired) electrons. The van der Waals surface area contributed by atoms with Crippen LogP contribution in [-0.4, -0.2) is 69.1 Å². The molecule has 0 aliphatic carbocycles. The number of aromatic nitrogens is 4. The molecule has 2 heterocycles. The quantitative estimate of drug-likeness (QED) is 0.742.